The van der Waals surface area contributed by atoms with Gasteiger partial charge in [-0.25, -0.2) is 4.99 Å². The summed E-state index contributed by atoms with van der Waals surface area (Å²) in [6.07, 6.45) is 1.73. The Bertz CT molecular complexity index is 1270. The third kappa shape index (κ3) is 5.10. The first kappa shape index (κ1) is 23.1. The van der Waals surface area contributed by atoms with Gasteiger partial charge in [-0.15, -0.1) is 0 Å². The van der Waals surface area contributed by atoms with E-state index in [1.165, 1.54) is 23.9 Å². The van der Waals surface area contributed by atoms with Crippen LogP contribution in [-0.2, 0) is 10.5 Å². The van der Waals surface area contributed by atoms with Crippen LogP contribution in [0.4, 0.5) is 11.4 Å². The zero-order valence-corrected chi connectivity index (χ0v) is 19.3. The zero-order chi connectivity index (χ0) is 24.1. The fourth-order valence-electron chi connectivity index (χ4n) is 3.29. The van der Waals surface area contributed by atoms with Gasteiger partial charge in [0.05, 0.1) is 24.8 Å². The molecule has 4 rings (SSSR count). The number of anilines is 1. The Balaban J connectivity index is 1.64. The van der Waals surface area contributed by atoms with Crippen molar-refractivity contribution in [3.05, 3.63) is 99.7 Å². The number of benzene rings is 3. The number of thioether (sulfide) groups is 1. The SMILES string of the molecule is COc1ccc(C=C2N=C(SCc3ccc([N+](=O)[O-])cc3)N(c3cccc(OC)c3)C2=O)cc1. The smallest absolute Gasteiger partial charge is 0.283 e. The lowest BCUT2D eigenvalue weighted by Crippen LogP contribution is -2.30. The van der Waals surface area contributed by atoms with Crippen LogP contribution in [0.2, 0.25) is 0 Å². The maximum Gasteiger partial charge on any atom is 0.283 e. The van der Waals surface area contributed by atoms with Crippen molar-refractivity contribution < 1.29 is 19.2 Å². The van der Waals surface area contributed by atoms with Crippen LogP contribution in [0.5, 0.6) is 11.5 Å². The first-order chi connectivity index (χ1) is 16.5. The number of methoxy groups -OCH3 is 2. The van der Waals surface area contributed by atoms with Gasteiger partial charge in [-0.2, -0.15) is 0 Å². The van der Waals surface area contributed by atoms with Crippen molar-refractivity contribution in [3.8, 4) is 11.5 Å². The standard InChI is InChI=1S/C25H21N3O5S/c1-32-21-12-8-17(9-13-21)14-23-24(29)27(20-4-3-5-22(15-20)33-2)25(26-23)34-16-18-6-10-19(11-7-18)28(30)31/h3-15H,16H2,1-2H3. The fraction of sp³-hybridized carbons (Fsp3) is 0.120. The third-order valence-corrected chi connectivity index (χ3v) is 6.09. The van der Waals surface area contributed by atoms with Crippen molar-refractivity contribution in [2.75, 3.05) is 19.1 Å². The highest BCUT2D eigenvalue weighted by Gasteiger charge is 2.32. The van der Waals surface area contributed by atoms with Gasteiger partial charge in [-0.05, 0) is 41.5 Å². The summed E-state index contributed by atoms with van der Waals surface area (Å²) in [6.45, 7) is 0. The van der Waals surface area contributed by atoms with E-state index in [0.717, 1.165) is 16.9 Å². The molecule has 0 fully saturated rings. The predicted octanol–water partition coefficient (Wildman–Crippen LogP) is 5.29. The third-order valence-electron chi connectivity index (χ3n) is 5.08. The van der Waals surface area contributed by atoms with E-state index in [-0.39, 0.29) is 11.6 Å². The highest BCUT2D eigenvalue weighted by Crippen LogP contribution is 2.32. The van der Waals surface area contributed by atoms with E-state index in [4.69, 9.17) is 9.47 Å². The van der Waals surface area contributed by atoms with Gasteiger partial charge in [0.1, 0.15) is 17.2 Å². The molecule has 0 aromatic heterocycles. The van der Waals surface area contributed by atoms with Crippen LogP contribution in [-0.4, -0.2) is 30.2 Å². The number of carbonyl (C=O) groups is 1. The average Bonchev–Trinajstić information content (AvgIpc) is 3.18. The molecule has 3 aromatic carbocycles. The molecule has 0 radical (unpaired) electrons. The number of amides is 1. The number of aliphatic imine (C=N–C) groups is 1. The van der Waals surface area contributed by atoms with E-state index in [2.05, 4.69) is 4.99 Å². The molecular formula is C25H21N3O5S. The number of ether oxygens (including phenoxy) is 2. The van der Waals surface area contributed by atoms with Crippen molar-refractivity contribution in [2.24, 2.45) is 4.99 Å². The summed E-state index contributed by atoms with van der Waals surface area (Å²) in [7, 11) is 3.16. The van der Waals surface area contributed by atoms with Crippen LogP contribution in [0.3, 0.4) is 0 Å². The maximum atomic E-state index is 13.4. The summed E-state index contributed by atoms with van der Waals surface area (Å²) < 4.78 is 10.5. The molecule has 8 nitrogen and oxygen atoms in total. The Hall–Kier alpha value is -4.11. The number of nitro groups is 1. The molecule has 1 amide bonds. The van der Waals surface area contributed by atoms with Crippen molar-refractivity contribution in [1.82, 2.24) is 0 Å². The van der Waals surface area contributed by atoms with E-state index in [1.807, 2.05) is 36.4 Å². The molecule has 9 heteroatoms. The lowest BCUT2D eigenvalue weighted by Gasteiger charge is -2.18. The Kier molecular flexibility index (Phi) is 6.93. The Morgan fingerprint density at radius 1 is 1.00 bits per heavy atom. The van der Waals surface area contributed by atoms with Gasteiger partial charge in [0.25, 0.3) is 11.6 Å². The van der Waals surface area contributed by atoms with Crippen LogP contribution in [0.1, 0.15) is 11.1 Å². The van der Waals surface area contributed by atoms with Crippen LogP contribution in [0, 0.1) is 10.1 Å². The molecule has 0 aliphatic carbocycles. The second kappa shape index (κ2) is 10.2. The van der Waals surface area contributed by atoms with Crippen molar-refractivity contribution >= 4 is 40.3 Å². The molecule has 172 valence electrons. The average molecular weight is 476 g/mol. The zero-order valence-electron chi connectivity index (χ0n) is 18.5. The quantitative estimate of drug-likeness (QED) is 0.262. The van der Waals surface area contributed by atoms with Crippen molar-refractivity contribution in [2.45, 2.75) is 5.75 Å². The van der Waals surface area contributed by atoms with Crippen LogP contribution in [0.15, 0.2) is 83.5 Å². The van der Waals surface area contributed by atoms with Gasteiger partial charge in [-0.1, -0.05) is 42.1 Å². The summed E-state index contributed by atoms with van der Waals surface area (Å²) in [5.41, 5.74) is 2.67. The molecule has 0 bridgehead atoms. The first-order valence-electron chi connectivity index (χ1n) is 10.3. The van der Waals surface area contributed by atoms with Crippen molar-refractivity contribution in [1.29, 1.82) is 0 Å². The van der Waals surface area contributed by atoms with E-state index < -0.39 is 4.92 Å². The molecule has 0 unspecified atom stereocenters. The number of nitro benzene ring substituents is 1. The number of nitrogens with zero attached hydrogens (tertiary/aromatic N) is 3. The summed E-state index contributed by atoms with van der Waals surface area (Å²) in [4.78, 5) is 30.0. The Labute approximate surface area is 200 Å². The lowest BCUT2D eigenvalue weighted by atomic mass is 10.2. The number of rotatable bonds is 7. The molecule has 3 aromatic rings. The number of hydrogen-bond acceptors (Lipinski definition) is 7. The monoisotopic (exact) mass is 475 g/mol. The molecule has 0 saturated heterocycles. The van der Waals surface area contributed by atoms with E-state index in [0.29, 0.717) is 28.1 Å². The van der Waals surface area contributed by atoms with Crippen LogP contribution >= 0.6 is 11.8 Å². The fourth-order valence-corrected chi connectivity index (χ4v) is 4.26. The number of non-ortho nitro benzene ring substituents is 1. The van der Waals surface area contributed by atoms with Gasteiger partial charge in [0.2, 0.25) is 0 Å². The van der Waals surface area contributed by atoms with Crippen LogP contribution < -0.4 is 14.4 Å². The molecule has 0 saturated carbocycles. The van der Waals surface area contributed by atoms with Gasteiger partial charge in [-0.3, -0.25) is 19.8 Å². The molecule has 0 atom stereocenters. The molecule has 1 heterocycles. The Morgan fingerprint density at radius 2 is 1.71 bits per heavy atom. The number of hydrogen-bond donors (Lipinski definition) is 0. The largest absolute Gasteiger partial charge is 0.497 e. The predicted molar refractivity (Wildman–Crippen MR) is 133 cm³/mol. The second-order valence-corrected chi connectivity index (χ2v) is 8.19. The van der Waals surface area contributed by atoms with Gasteiger partial charge >= 0.3 is 0 Å². The minimum Gasteiger partial charge on any atom is -0.497 e. The molecule has 1 aliphatic rings. The highest BCUT2D eigenvalue weighted by atomic mass is 32.2. The topological polar surface area (TPSA) is 94.3 Å². The first-order valence-corrected chi connectivity index (χ1v) is 11.3. The van der Waals surface area contributed by atoms with Gasteiger partial charge in [0, 0.05) is 24.0 Å². The molecular weight excluding hydrogens is 454 g/mol. The molecule has 1 aliphatic heterocycles. The van der Waals surface area contributed by atoms with E-state index >= 15 is 0 Å². The molecule has 34 heavy (non-hydrogen) atoms. The minimum atomic E-state index is -0.433. The highest BCUT2D eigenvalue weighted by molar-refractivity contribution is 8.13. The maximum absolute atomic E-state index is 13.4. The summed E-state index contributed by atoms with van der Waals surface area (Å²) >= 11 is 1.38. The molecule has 0 spiro atoms. The lowest BCUT2D eigenvalue weighted by molar-refractivity contribution is -0.384. The normalized spacial score (nSPS) is 14.3. The van der Waals surface area contributed by atoms with E-state index in [9.17, 15) is 14.9 Å². The van der Waals surface area contributed by atoms with Crippen molar-refractivity contribution in [3.63, 3.8) is 0 Å². The molecule has 0 N–H and O–H groups in total. The van der Waals surface area contributed by atoms with Crippen LogP contribution in [0.25, 0.3) is 6.08 Å². The number of carbonyl (C=O) groups excluding carboxylic acids is 1. The second-order valence-electron chi connectivity index (χ2n) is 7.25. The minimum absolute atomic E-state index is 0.0323. The summed E-state index contributed by atoms with van der Waals surface area (Å²) in [6, 6.07) is 20.9. The Morgan fingerprint density at radius 3 is 2.35 bits per heavy atom. The summed E-state index contributed by atoms with van der Waals surface area (Å²) in [5, 5.41) is 11.4. The van der Waals surface area contributed by atoms with E-state index in [1.54, 1.807) is 49.5 Å². The van der Waals surface area contributed by atoms with Gasteiger partial charge in [0.15, 0.2) is 5.17 Å². The number of amidine groups is 1. The summed E-state index contributed by atoms with van der Waals surface area (Å²) in [5.74, 6) is 1.58. The van der Waals surface area contributed by atoms with Gasteiger partial charge < -0.3 is 9.47 Å².